The van der Waals surface area contributed by atoms with Gasteiger partial charge in [0.05, 0.1) is 12.3 Å². The van der Waals surface area contributed by atoms with Crippen LogP contribution in [0.1, 0.15) is 6.92 Å². The normalized spacial score (nSPS) is 11.0. The summed E-state index contributed by atoms with van der Waals surface area (Å²) < 4.78 is 11.1. The Bertz CT molecular complexity index is 779. The number of anilines is 1. The fraction of sp³-hybridized carbons (Fsp3) is 0.143. The lowest BCUT2D eigenvalue weighted by molar-refractivity contribution is 0.340. The summed E-state index contributed by atoms with van der Waals surface area (Å²) in [5.74, 6) is 1.12. The molecule has 1 aromatic carbocycles. The Morgan fingerprint density at radius 3 is 2.95 bits per heavy atom. The van der Waals surface area contributed by atoms with Gasteiger partial charge < -0.3 is 14.9 Å². The van der Waals surface area contributed by atoms with E-state index in [0.717, 1.165) is 0 Å². The minimum Gasteiger partial charge on any atom is -0.494 e. The number of aromatic nitrogens is 1. The predicted octanol–water partition coefficient (Wildman–Crippen LogP) is 2.27. The van der Waals surface area contributed by atoms with E-state index >= 15 is 0 Å². The first-order valence-corrected chi connectivity index (χ1v) is 5.94. The Balaban J connectivity index is 2.27. The third-order valence-electron chi connectivity index (χ3n) is 2.79. The van der Waals surface area contributed by atoms with Crippen LogP contribution in [0, 0.1) is 0 Å². The zero-order valence-electron chi connectivity index (χ0n) is 10.3. The molecule has 0 radical (unpaired) electrons. The largest absolute Gasteiger partial charge is 0.494 e. The van der Waals surface area contributed by atoms with Crippen molar-refractivity contribution in [3.63, 3.8) is 0 Å². The maximum atomic E-state index is 11.5. The highest BCUT2D eigenvalue weighted by Gasteiger charge is 2.12. The average molecular weight is 256 g/mol. The summed E-state index contributed by atoms with van der Waals surface area (Å²) in [5, 5.41) is 0. The molecular formula is C14H12N2O3. The van der Waals surface area contributed by atoms with Crippen molar-refractivity contribution in [2.75, 3.05) is 12.3 Å². The molecule has 1 heterocycles. The highest BCUT2D eigenvalue weighted by molar-refractivity contribution is 5.78. The fourth-order valence-electron chi connectivity index (χ4n) is 1.91. The van der Waals surface area contributed by atoms with Crippen LogP contribution in [0.25, 0.3) is 22.6 Å². The molecule has 5 heteroatoms. The molecule has 0 fully saturated rings. The summed E-state index contributed by atoms with van der Waals surface area (Å²) in [4.78, 5) is 15.9. The van der Waals surface area contributed by atoms with Crippen LogP contribution < -0.4 is 15.9 Å². The third kappa shape index (κ3) is 1.99. The molecule has 3 rings (SSSR count). The van der Waals surface area contributed by atoms with Crippen molar-refractivity contribution in [3.05, 3.63) is 40.6 Å². The van der Waals surface area contributed by atoms with Gasteiger partial charge in [0.25, 0.3) is 0 Å². The Morgan fingerprint density at radius 1 is 1.32 bits per heavy atom. The zero-order chi connectivity index (χ0) is 13.4. The van der Waals surface area contributed by atoms with Gasteiger partial charge in [-0.25, -0.2) is 4.98 Å². The number of nitrogens with zero attached hydrogens (tertiary/aromatic N) is 1. The second-order valence-electron chi connectivity index (χ2n) is 4.13. The van der Waals surface area contributed by atoms with Crippen molar-refractivity contribution in [2.24, 2.45) is 0 Å². The van der Waals surface area contributed by atoms with E-state index in [0.29, 0.717) is 34.9 Å². The van der Waals surface area contributed by atoms with E-state index in [2.05, 4.69) is 4.98 Å². The van der Waals surface area contributed by atoms with Gasteiger partial charge in [-0.2, -0.15) is 0 Å². The Labute approximate surface area is 109 Å². The minimum atomic E-state index is -0.265. The molecule has 2 aliphatic rings. The highest BCUT2D eigenvalue weighted by atomic mass is 16.5. The van der Waals surface area contributed by atoms with Gasteiger partial charge >= 0.3 is 0 Å². The molecule has 2 N–H and O–H groups in total. The van der Waals surface area contributed by atoms with Gasteiger partial charge in [0.2, 0.25) is 5.43 Å². The number of fused-ring (bicyclic) bond motifs is 2. The first-order valence-electron chi connectivity index (χ1n) is 5.94. The molecule has 19 heavy (non-hydrogen) atoms. The van der Waals surface area contributed by atoms with Crippen LogP contribution in [0.3, 0.4) is 0 Å². The quantitative estimate of drug-likeness (QED) is 0.562. The molecule has 0 saturated carbocycles. The molecule has 1 aliphatic carbocycles. The van der Waals surface area contributed by atoms with Crippen LogP contribution in [-0.4, -0.2) is 11.6 Å². The third-order valence-corrected chi connectivity index (χ3v) is 2.79. The van der Waals surface area contributed by atoms with Crippen molar-refractivity contribution in [1.82, 2.24) is 4.98 Å². The van der Waals surface area contributed by atoms with E-state index in [-0.39, 0.29) is 11.1 Å². The molecular weight excluding hydrogens is 244 g/mol. The first-order chi connectivity index (χ1) is 9.17. The van der Waals surface area contributed by atoms with Crippen LogP contribution in [0.2, 0.25) is 0 Å². The number of hydrogen-bond acceptors (Lipinski definition) is 5. The molecule has 0 aromatic heterocycles. The Hall–Kier alpha value is -2.56. The predicted molar refractivity (Wildman–Crippen MR) is 72.5 cm³/mol. The summed E-state index contributed by atoms with van der Waals surface area (Å²) in [6.45, 7) is 2.49. The fourth-order valence-corrected chi connectivity index (χ4v) is 1.91. The lowest BCUT2D eigenvalue weighted by Gasteiger charge is -2.08. The van der Waals surface area contributed by atoms with Crippen molar-refractivity contribution < 1.29 is 9.15 Å². The summed E-state index contributed by atoms with van der Waals surface area (Å²) in [5.41, 5.74) is 7.31. The molecule has 0 spiro atoms. The van der Waals surface area contributed by atoms with Gasteiger partial charge in [0.15, 0.2) is 11.3 Å². The van der Waals surface area contributed by atoms with Gasteiger partial charge in [-0.05, 0) is 25.1 Å². The average Bonchev–Trinajstić information content (AvgIpc) is 2.38. The lowest BCUT2D eigenvalue weighted by Crippen LogP contribution is -2.08. The molecule has 1 aliphatic heterocycles. The van der Waals surface area contributed by atoms with Crippen molar-refractivity contribution in [2.45, 2.75) is 6.92 Å². The van der Waals surface area contributed by atoms with E-state index in [4.69, 9.17) is 14.9 Å². The molecule has 0 amide bonds. The molecule has 0 unspecified atom stereocenters. The van der Waals surface area contributed by atoms with Gasteiger partial charge in [0.1, 0.15) is 17.0 Å². The molecule has 1 aromatic rings. The molecule has 0 saturated heterocycles. The molecule has 0 bridgehead atoms. The minimum absolute atomic E-state index is 0.167. The van der Waals surface area contributed by atoms with Crippen LogP contribution in [0.15, 0.2) is 39.5 Å². The van der Waals surface area contributed by atoms with Crippen LogP contribution >= 0.6 is 0 Å². The zero-order valence-corrected chi connectivity index (χ0v) is 10.3. The first kappa shape index (κ1) is 11.5. The molecule has 0 atom stereocenters. The standard InChI is InChI=1S/C14H12N2O3/c1-2-18-8-3-4-10-13(5-8)19-14-7-12(17)9(15)6-11(14)16-10/h3-7H,2,15H2,1H3. The van der Waals surface area contributed by atoms with Crippen LogP contribution in [0.4, 0.5) is 5.69 Å². The summed E-state index contributed by atoms with van der Waals surface area (Å²) in [6, 6.07) is 8.27. The summed E-state index contributed by atoms with van der Waals surface area (Å²) in [7, 11) is 0. The van der Waals surface area contributed by atoms with Crippen molar-refractivity contribution in [1.29, 1.82) is 0 Å². The van der Waals surface area contributed by atoms with E-state index in [1.165, 1.54) is 12.1 Å². The van der Waals surface area contributed by atoms with Crippen molar-refractivity contribution in [3.8, 4) is 17.2 Å². The number of nitrogen functional groups attached to an aromatic ring is 1. The second-order valence-corrected chi connectivity index (χ2v) is 4.13. The van der Waals surface area contributed by atoms with Crippen LogP contribution in [0.5, 0.6) is 5.75 Å². The van der Waals surface area contributed by atoms with E-state index in [1.807, 2.05) is 19.1 Å². The van der Waals surface area contributed by atoms with E-state index in [9.17, 15) is 4.79 Å². The van der Waals surface area contributed by atoms with Gasteiger partial charge in [-0.3, -0.25) is 4.79 Å². The topological polar surface area (TPSA) is 78.4 Å². The number of ether oxygens (including phenoxy) is 1. The maximum absolute atomic E-state index is 11.5. The van der Waals surface area contributed by atoms with E-state index in [1.54, 1.807) is 6.07 Å². The SMILES string of the molecule is CCOc1ccc2nc3cc(N)c(=O)cc-3oc2c1. The molecule has 96 valence electrons. The summed E-state index contributed by atoms with van der Waals surface area (Å²) in [6.07, 6.45) is 0. The maximum Gasteiger partial charge on any atom is 0.205 e. The van der Waals surface area contributed by atoms with E-state index < -0.39 is 0 Å². The Kier molecular flexibility index (Phi) is 2.59. The monoisotopic (exact) mass is 256 g/mol. The number of hydrogen-bond donors (Lipinski definition) is 1. The summed E-state index contributed by atoms with van der Waals surface area (Å²) >= 11 is 0. The highest BCUT2D eigenvalue weighted by Crippen LogP contribution is 2.27. The lowest BCUT2D eigenvalue weighted by atomic mass is 10.2. The van der Waals surface area contributed by atoms with Gasteiger partial charge in [-0.15, -0.1) is 0 Å². The molecule has 5 nitrogen and oxygen atoms in total. The number of benzene rings is 2. The Morgan fingerprint density at radius 2 is 2.16 bits per heavy atom. The second kappa shape index (κ2) is 4.28. The number of nitrogens with two attached hydrogens (primary N) is 1. The van der Waals surface area contributed by atoms with Gasteiger partial charge in [-0.1, -0.05) is 0 Å². The van der Waals surface area contributed by atoms with Crippen molar-refractivity contribution >= 4 is 16.8 Å². The van der Waals surface area contributed by atoms with Crippen LogP contribution in [-0.2, 0) is 0 Å². The smallest absolute Gasteiger partial charge is 0.205 e. The number of rotatable bonds is 2. The van der Waals surface area contributed by atoms with Gasteiger partial charge in [0, 0.05) is 12.1 Å².